The van der Waals surface area contributed by atoms with Gasteiger partial charge in [0.1, 0.15) is 12.0 Å². The van der Waals surface area contributed by atoms with Crippen LogP contribution in [0.1, 0.15) is 11.1 Å². The lowest BCUT2D eigenvalue weighted by molar-refractivity contribution is -0.124. The number of hydrogen-bond donors (Lipinski definition) is 3. The topological polar surface area (TPSA) is 85.9 Å². The molecule has 0 aliphatic carbocycles. The normalized spacial score (nSPS) is 14.5. The number of nitrogens with one attached hydrogen (secondary N) is 3. The molecule has 1 aliphatic heterocycles. The van der Waals surface area contributed by atoms with Crippen molar-refractivity contribution in [2.75, 3.05) is 32.0 Å². The molecule has 32 heavy (non-hydrogen) atoms. The van der Waals surface area contributed by atoms with Gasteiger partial charge in [0.05, 0.1) is 12.2 Å². The Balaban J connectivity index is 1.44. The van der Waals surface area contributed by atoms with Crippen molar-refractivity contribution in [3.05, 3.63) is 66.0 Å². The van der Waals surface area contributed by atoms with Crippen molar-refractivity contribution in [2.45, 2.75) is 13.5 Å². The monoisotopic (exact) mass is 426 g/mol. The Morgan fingerprint density at radius 3 is 2.75 bits per heavy atom. The molecule has 0 radical (unpaired) electrons. The van der Waals surface area contributed by atoms with Crippen LogP contribution < -0.4 is 10.6 Å². The molecule has 0 atom stereocenters. The Bertz CT molecular complexity index is 1280. The fourth-order valence-electron chi connectivity index (χ4n) is 4.35. The summed E-state index contributed by atoms with van der Waals surface area (Å²) >= 11 is 0. The Morgan fingerprint density at radius 1 is 1.12 bits per heavy atom. The predicted octanol–water partition coefficient (Wildman–Crippen LogP) is 3.57. The van der Waals surface area contributed by atoms with Gasteiger partial charge in [0, 0.05) is 49.0 Å². The summed E-state index contributed by atoms with van der Waals surface area (Å²) in [6, 6.07) is 16.8. The van der Waals surface area contributed by atoms with Crippen LogP contribution in [0, 0.1) is 6.92 Å². The largest absolute Gasteiger partial charge is 0.388 e. The van der Waals surface area contributed by atoms with Crippen molar-refractivity contribution in [2.24, 2.45) is 0 Å². The average molecular weight is 427 g/mol. The van der Waals surface area contributed by atoms with Gasteiger partial charge in [-0.25, -0.2) is 9.97 Å². The van der Waals surface area contributed by atoms with Crippen molar-refractivity contribution < 1.29 is 4.79 Å². The molecule has 1 saturated heterocycles. The molecule has 1 fully saturated rings. The molecule has 0 spiro atoms. The van der Waals surface area contributed by atoms with Crippen molar-refractivity contribution in [3.8, 4) is 22.5 Å². The summed E-state index contributed by atoms with van der Waals surface area (Å²) < 4.78 is 0. The molecule has 162 valence electrons. The van der Waals surface area contributed by atoms with Gasteiger partial charge < -0.3 is 15.6 Å². The lowest BCUT2D eigenvalue weighted by atomic mass is 10.0. The smallest absolute Gasteiger partial charge is 0.234 e. The molecule has 2 aromatic heterocycles. The summed E-state index contributed by atoms with van der Waals surface area (Å²) in [5.41, 5.74) is 8.38. The first-order valence-electron chi connectivity index (χ1n) is 10.8. The van der Waals surface area contributed by atoms with Crippen molar-refractivity contribution >= 4 is 22.6 Å². The molecule has 1 amide bonds. The third-order valence-corrected chi connectivity index (χ3v) is 6.07. The highest BCUT2D eigenvalue weighted by Gasteiger charge is 2.17. The molecule has 7 heteroatoms. The highest BCUT2D eigenvalue weighted by molar-refractivity contribution is 5.95. The van der Waals surface area contributed by atoms with E-state index in [-0.39, 0.29) is 5.91 Å². The standard InChI is InChI=1S/C25H26N6O/c1-16-19(4-3-5-21(16)26-2)24-20-12-22(30-25(20)29-15-28-24)18-8-6-17(7-9-18)13-31-11-10-27-23(32)14-31/h3-9,12,15,26H,10-11,13-14H2,1-2H3,(H,27,32)(H,28,29,30). The number of carbonyl (C=O) groups is 1. The number of benzene rings is 2. The Morgan fingerprint density at radius 2 is 1.97 bits per heavy atom. The molecular weight excluding hydrogens is 400 g/mol. The average Bonchev–Trinajstić information content (AvgIpc) is 3.24. The number of fused-ring (bicyclic) bond motifs is 1. The van der Waals surface area contributed by atoms with Crippen LogP contribution in [0.4, 0.5) is 5.69 Å². The van der Waals surface area contributed by atoms with Crippen LogP contribution in [0.25, 0.3) is 33.5 Å². The van der Waals surface area contributed by atoms with Crippen LogP contribution in [-0.2, 0) is 11.3 Å². The lowest BCUT2D eigenvalue weighted by Crippen LogP contribution is -2.47. The first-order chi connectivity index (χ1) is 15.6. The van der Waals surface area contributed by atoms with Gasteiger partial charge >= 0.3 is 0 Å². The zero-order valence-corrected chi connectivity index (χ0v) is 18.3. The summed E-state index contributed by atoms with van der Waals surface area (Å²) in [5, 5.41) is 7.11. The minimum Gasteiger partial charge on any atom is -0.388 e. The maximum atomic E-state index is 11.6. The van der Waals surface area contributed by atoms with Crippen LogP contribution in [0.5, 0.6) is 0 Å². The first kappa shape index (κ1) is 20.2. The molecule has 7 nitrogen and oxygen atoms in total. The highest BCUT2D eigenvalue weighted by atomic mass is 16.2. The summed E-state index contributed by atoms with van der Waals surface area (Å²) in [4.78, 5) is 26.3. The number of amides is 1. The van der Waals surface area contributed by atoms with Crippen LogP contribution in [-0.4, -0.2) is 52.4 Å². The van der Waals surface area contributed by atoms with E-state index in [1.165, 1.54) is 5.56 Å². The van der Waals surface area contributed by atoms with Crippen LogP contribution in [0.3, 0.4) is 0 Å². The number of aromatic nitrogens is 3. The molecule has 0 saturated carbocycles. The summed E-state index contributed by atoms with van der Waals surface area (Å²) in [6.45, 7) is 4.93. The third kappa shape index (κ3) is 3.83. The van der Waals surface area contributed by atoms with Gasteiger partial charge in [-0.15, -0.1) is 0 Å². The third-order valence-electron chi connectivity index (χ3n) is 6.07. The maximum Gasteiger partial charge on any atom is 0.234 e. The van der Waals surface area contributed by atoms with Crippen LogP contribution >= 0.6 is 0 Å². The number of aromatic amines is 1. The van der Waals surface area contributed by atoms with E-state index in [2.05, 4.69) is 79.9 Å². The summed E-state index contributed by atoms with van der Waals surface area (Å²) in [5.74, 6) is 0.0957. The number of anilines is 1. The van der Waals surface area contributed by atoms with E-state index < -0.39 is 0 Å². The fourth-order valence-corrected chi connectivity index (χ4v) is 4.35. The number of hydrogen-bond acceptors (Lipinski definition) is 5. The molecule has 3 N–H and O–H groups in total. The fraction of sp³-hybridized carbons (Fsp3) is 0.240. The van der Waals surface area contributed by atoms with E-state index in [1.807, 2.05) is 13.1 Å². The summed E-state index contributed by atoms with van der Waals surface area (Å²) in [6.07, 6.45) is 1.61. The molecule has 2 aromatic carbocycles. The molecule has 1 aliphatic rings. The van der Waals surface area contributed by atoms with Gasteiger partial charge in [-0.1, -0.05) is 36.4 Å². The van der Waals surface area contributed by atoms with Crippen molar-refractivity contribution in [3.63, 3.8) is 0 Å². The molecule has 0 bridgehead atoms. The number of carbonyl (C=O) groups excluding carboxylic acids is 1. The van der Waals surface area contributed by atoms with Gasteiger partial charge in [0.2, 0.25) is 5.91 Å². The van der Waals surface area contributed by atoms with Crippen molar-refractivity contribution in [1.29, 1.82) is 0 Å². The van der Waals surface area contributed by atoms with Gasteiger partial charge in [-0.05, 0) is 35.7 Å². The second kappa shape index (κ2) is 8.43. The lowest BCUT2D eigenvalue weighted by Gasteiger charge is -2.26. The predicted molar refractivity (Wildman–Crippen MR) is 127 cm³/mol. The van der Waals surface area contributed by atoms with Gasteiger partial charge in [-0.2, -0.15) is 0 Å². The van der Waals surface area contributed by atoms with E-state index in [0.717, 1.165) is 57.9 Å². The molecular formula is C25H26N6O. The van der Waals surface area contributed by atoms with Gasteiger partial charge in [-0.3, -0.25) is 9.69 Å². The zero-order valence-electron chi connectivity index (χ0n) is 18.3. The Labute approximate surface area is 186 Å². The van der Waals surface area contributed by atoms with E-state index in [9.17, 15) is 4.79 Å². The molecule has 3 heterocycles. The number of H-pyrrole nitrogens is 1. The Hall–Kier alpha value is -3.71. The second-order valence-corrected chi connectivity index (χ2v) is 8.15. The number of piperazine rings is 1. The van der Waals surface area contributed by atoms with Crippen LogP contribution in [0.15, 0.2) is 54.9 Å². The minimum atomic E-state index is 0.0957. The van der Waals surface area contributed by atoms with Crippen molar-refractivity contribution in [1.82, 2.24) is 25.2 Å². The zero-order chi connectivity index (χ0) is 22.1. The van der Waals surface area contributed by atoms with Gasteiger partial charge in [0.25, 0.3) is 0 Å². The second-order valence-electron chi connectivity index (χ2n) is 8.15. The van der Waals surface area contributed by atoms with Gasteiger partial charge in [0.15, 0.2) is 0 Å². The molecule has 5 rings (SSSR count). The molecule has 4 aromatic rings. The van der Waals surface area contributed by atoms with E-state index in [4.69, 9.17) is 0 Å². The maximum absolute atomic E-state index is 11.6. The molecule has 0 unspecified atom stereocenters. The number of rotatable bonds is 5. The highest BCUT2D eigenvalue weighted by Crippen LogP contribution is 2.33. The van der Waals surface area contributed by atoms with E-state index >= 15 is 0 Å². The van der Waals surface area contributed by atoms with E-state index in [1.54, 1.807) is 6.33 Å². The minimum absolute atomic E-state index is 0.0957. The van der Waals surface area contributed by atoms with E-state index in [0.29, 0.717) is 13.1 Å². The van der Waals surface area contributed by atoms with Crippen LogP contribution in [0.2, 0.25) is 0 Å². The Kier molecular flexibility index (Phi) is 5.33. The summed E-state index contributed by atoms with van der Waals surface area (Å²) in [7, 11) is 1.93. The quantitative estimate of drug-likeness (QED) is 0.454. The number of nitrogens with zero attached hydrogens (tertiary/aromatic N) is 3. The first-order valence-corrected chi connectivity index (χ1v) is 10.8. The SMILES string of the molecule is CNc1cccc(-c2ncnc3[nH]c(-c4ccc(CN5CCNC(=O)C5)cc4)cc23)c1C.